The van der Waals surface area contributed by atoms with Crippen molar-refractivity contribution in [1.29, 1.82) is 0 Å². The normalized spacial score (nSPS) is 10.7. The minimum atomic E-state index is -0.353. The number of carbonyl (C=O) groups is 1. The average molecular weight is 458 g/mol. The van der Waals surface area contributed by atoms with Crippen LogP contribution in [0.3, 0.4) is 0 Å². The van der Waals surface area contributed by atoms with Crippen molar-refractivity contribution in [3.63, 3.8) is 0 Å². The maximum Gasteiger partial charge on any atom is 0.250 e. The van der Waals surface area contributed by atoms with E-state index in [1.807, 2.05) is 6.07 Å². The maximum absolute atomic E-state index is 12.4. The molecule has 0 unspecified atom stereocenters. The topological polar surface area (TPSA) is 101 Å². The van der Waals surface area contributed by atoms with E-state index in [9.17, 15) is 4.79 Å². The van der Waals surface area contributed by atoms with Gasteiger partial charge in [0, 0.05) is 11.6 Å². The molecule has 0 aliphatic heterocycles. The largest absolute Gasteiger partial charge is 0.493 e. The van der Waals surface area contributed by atoms with E-state index in [-0.39, 0.29) is 5.91 Å². The third-order valence-electron chi connectivity index (χ3n) is 4.40. The van der Waals surface area contributed by atoms with E-state index in [1.165, 1.54) is 38.7 Å². The van der Waals surface area contributed by atoms with Crippen molar-refractivity contribution < 1.29 is 28.5 Å². The Balaban J connectivity index is 1.73. The molecule has 0 spiro atoms. The number of hydrogen-bond donors (Lipinski definition) is 1. The molecule has 10 heteroatoms. The molecule has 0 aliphatic carbocycles. The summed E-state index contributed by atoms with van der Waals surface area (Å²) in [6.45, 7) is 0. The fraction of sp³-hybridized carbons (Fsp3) is 0.227. The van der Waals surface area contributed by atoms with E-state index in [0.717, 1.165) is 5.56 Å². The van der Waals surface area contributed by atoms with E-state index in [0.29, 0.717) is 44.5 Å². The first-order valence-electron chi connectivity index (χ1n) is 9.37. The Hall–Kier alpha value is -3.79. The van der Waals surface area contributed by atoms with Gasteiger partial charge in [-0.3, -0.25) is 10.1 Å². The Morgan fingerprint density at radius 3 is 2.09 bits per heavy atom. The van der Waals surface area contributed by atoms with Crippen LogP contribution in [-0.2, 0) is 4.79 Å². The monoisotopic (exact) mass is 457 g/mol. The lowest BCUT2D eigenvalue weighted by Gasteiger charge is -2.12. The van der Waals surface area contributed by atoms with Crippen LogP contribution < -0.4 is 29.0 Å². The lowest BCUT2D eigenvalue weighted by Crippen LogP contribution is -2.07. The summed E-state index contributed by atoms with van der Waals surface area (Å²) in [6, 6.07) is 8.91. The molecule has 2 aromatic carbocycles. The number of rotatable bonds is 9. The number of nitrogens with zero attached hydrogens (tertiary/aromatic N) is 2. The van der Waals surface area contributed by atoms with Crippen LogP contribution >= 0.6 is 11.3 Å². The molecule has 0 radical (unpaired) electrons. The Morgan fingerprint density at radius 2 is 1.50 bits per heavy atom. The second-order valence-electron chi connectivity index (χ2n) is 6.26. The highest BCUT2D eigenvalue weighted by molar-refractivity contribution is 7.18. The first-order chi connectivity index (χ1) is 15.5. The molecule has 9 nitrogen and oxygen atoms in total. The molecule has 0 atom stereocenters. The van der Waals surface area contributed by atoms with Crippen LogP contribution in [0.1, 0.15) is 5.56 Å². The average Bonchev–Trinajstić information content (AvgIpc) is 3.29. The van der Waals surface area contributed by atoms with Crippen molar-refractivity contribution in [1.82, 2.24) is 10.2 Å². The Labute approximate surface area is 189 Å². The summed E-state index contributed by atoms with van der Waals surface area (Å²) in [5.74, 6) is 2.32. The third-order valence-corrected chi connectivity index (χ3v) is 5.29. The highest BCUT2D eigenvalue weighted by Crippen LogP contribution is 2.38. The van der Waals surface area contributed by atoms with Gasteiger partial charge in [-0.1, -0.05) is 11.3 Å². The van der Waals surface area contributed by atoms with E-state index < -0.39 is 0 Å². The number of carbonyl (C=O) groups excluding carboxylic acids is 1. The molecule has 0 fully saturated rings. The molecule has 168 valence electrons. The van der Waals surface area contributed by atoms with Gasteiger partial charge in [0.25, 0.3) is 0 Å². The van der Waals surface area contributed by atoms with Gasteiger partial charge in [0.1, 0.15) is 5.01 Å². The molecule has 0 saturated heterocycles. The van der Waals surface area contributed by atoms with Gasteiger partial charge in [-0.05, 0) is 42.0 Å². The van der Waals surface area contributed by atoms with E-state index in [1.54, 1.807) is 44.6 Å². The second kappa shape index (κ2) is 10.5. The Morgan fingerprint density at radius 1 is 0.844 bits per heavy atom. The number of aromatic nitrogens is 2. The summed E-state index contributed by atoms with van der Waals surface area (Å²) in [5, 5.41) is 11.9. The van der Waals surface area contributed by atoms with Crippen LogP contribution in [0.25, 0.3) is 16.6 Å². The van der Waals surface area contributed by atoms with Gasteiger partial charge in [-0.15, -0.1) is 10.2 Å². The smallest absolute Gasteiger partial charge is 0.250 e. The van der Waals surface area contributed by atoms with E-state index in [4.69, 9.17) is 23.7 Å². The molecule has 1 heterocycles. The molecule has 1 N–H and O–H groups in total. The summed E-state index contributed by atoms with van der Waals surface area (Å²) in [7, 11) is 7.73. The highest BCUT2D eigenvalue weighted by Gasteiger charge is 2.13. The molecule has 1 aromatic heterocycles. The molecule has 1 amide bonds. The summed E-state index contributed by atoms with van der Waals surface area (Å²) < 4.78 is 26.5. The summed E-state index contributed by atoms with van der Waals surface area (Å²) in [4.78, 5) is 12.4. The standard InChI is InChI=1S/C22H23N3O6S/c1-27-15-8-7-14(12-16(15)28-2)21-24-25-22(32-21)23-19(26)9-6-13-10-17(29-3)20(31-5)18(11-13)30-4/h6-12H,1-5H3,(H,23,25,26)/b9-6+. The van der Waals surface area contributed by atoms with Crippen molar-refractivity contribution in [2.75, 3.05) is 40.9 Å². The number of methoxy groups -OCH3 is 5. The van der Waals surface area contributed by atoms with Crippen molar-refractivity contribution in [2.24, 2.45) is 0 Å². The molecule has 0 aliphatic rings. The second-order valence-corrected chi connectivity index (χ2v) is 7.24. The summed E-state index contributed by atoms with van der Waals surface area (Å²) in [5.41, 5.74) is 1.51. The lowest BCUT2D eigenvalue weighted by atomic mass is 10.1. The first kappa shape index (κ1) is 22.9. The summed E-state index contributed by atoms with van der Waals surface area (Å²) in [6.07, 6.45) is 3.02. The lowest BCUT2D eigenvalue weighted by molar-refractivity contribution is -0.111. The Bertz CT molecular complexity index is 1100. The summed E-state index contributed by atoms with van der Waals surface area (Å²) >= 11 is 1.24. The fourth-order valence-electron chi connectivity index (χ4n) is 2.88. The molecular formula is C22H23N3O6S. The quantitative estimate of drug-likeness (QED) is 0.483. The molecule has 0 saturated carbocycles. The number of hydrogen-bond acceptors (Lipinski definition) is 9. The van der Waals surface area contributed by atoms with Crippen molar-refractivity contribution in [3.8, 4) is 39.3 Å². The van der Waals surface area contributed by atoms with Crippen LogP contribution in [-0.4, -0.2) is 51.7 Å². The van der Waals surface area contributed by atoms with Gasteiger partial charge in [0.15, 0.2) is 23.0 Å². The number of ether oxygens (including phenoxy) is 5. The van der Waals surface area contributed by atoms with Crippen LogP contribution in [0.2, 0.25) is 0 Å². The van der Waals surface area contributed by atoms with Crippen LogP contribution in [0, 0.1) is 0 Å². The SMILES string of the molecule is COc1ccc(-c2nnc(NC(=O)/C=C/c3cc(OC)c(OC)c(OC)c3)s2)cc1OC. The van der Waals surface area contributed by atoms with E-state index >= 15 is 0 Å². The maximum atomic E-state index is 12.4. The van der Waals surface area contributed by atoms with Crippen LogP contribution in [0.15, 0.2) is 36.4 Å². The number of benzene rings is 2. The Kier molecular flexibility index (Phi) is 7.50. The fourth-order valence-corrected chi connectivity index (χ4v) is 3.62. The van der Waals surface area contributed by atoms with Gasteiger partial charge in [-0.25, -0.2) is 0 Å². The molecule has 0 bridgehead atoms. The molecule has 3 aromatic rings. The van der Waals surface area contributed by atoms with Crippen molar-refractivity contribution in [2.45, 2.75) is 0 Å². The van der Waals surface area contributed by atoms with Crippen molar-refractivity contribution >= 4 is 28.5 Å². The zero-order valence-corrected chi connectivity index (χ0v) is 19.1. The van der Waals surface area contributed by atoms with Gasteiger partial charge in [0.05, 0.1) is 35.5 Å². The van der Waals surface area contributed by atoms with Gasteiger partial charge in [-0.2, -0.15) is 0 Å². The third kappa shape index (κ3) is 5.09. The van der Waals surface area contributed by atoms with Gasteiger partial charge < -0.3 is 23.7 Å². The highest BCUT2D eigenvalue weighted by atomic mass is 32.1. The van der Waals surface area contributed by atoms with Crippen LogP contribution in [0.4, 0.5) is 5.13 Å². The van der Waals surface area contributed by atoms with E-state index in [2.05, 4.69) is 15.5 Å². The predicted molar refractivity (Wildman–Crippen MR) is 122 cm³/mol. The van der Waals surface area contributed by atoms with Gasteiger partial charge >= 0.3 is 0 Å². The number of anilines is 1. The number of nitrogens with one attached hydrogen (secondary N) is 1. The molecule has 32 heavy (non-hydrogen) atoms. The zero-order valence-electron chi connectivity index (χ0n) is 18.3. The van der Waals surface area contributed by atoms with Crippen LogP contribution in [0.5, 0.6) is 28.7 Å². The minimum absolute atomic E-state index is 0.353. The predicted octanol–water partition coefficient (Wildman–Crippen LogP) is 3.90. The zero-order chi connectivity index (χ0) is 23.1. The molecular weight excluding hydrogens is 434 g/mol. The van der Waals surface area contributed by atoms with Crippen molar-refractivity contribution in [3.05, 3.63) is 42.0 Å². The van der Waals surface area contributed by atoms with Gasteiger partial charge in [0.2, 0.25) is 16.8 Å². The minimum Gasteiger partial charge on any atom is -0.493 e. The number of amides is 1. The molecule has 3 rings (SSSR count). The first-order valence-corrected chi connectivity index (χ1v) is 10.2.